The fraction of sp³-hybridized carbons (Fsp3) is 0.500. The number of carbonyl (C=O) groups is 1. The van der Waals surface area contributed by atoms with E-state index < -0.39 is 21.0 Å². The van der Waals surface area contributed by atoms with E-state index in [1.54, 1.807) is 6.07 Å². The molecule has 1 aromatic rings. The number of nitrogens with two attached hydrogens (primary N) is 1. The van der Waals surface area contributed by atoms with Gasteiger partial charge < -0.3 is 10.6 Å². The molecule has 1 saturated heterocycles. The Hall–Kier alpha value is -1.63. The van der Waals surface area contributed by atoms with Crippen molar-refractivity contribution in [1.82, 2.24) is 4.98 Å². The monoisotopic (exact) mass is 283 g/mol. The number of aromatic nitrogens is 1. The predicted octanol–water partition coefficient (Wildman–Crippen LogP) is 0.594. The van der Waals surface area contributed by atoms with Gasteiger partial charge in [-0.15, -0.1) is 0 Å². The molecule has 1 unspecified atom stereocenters. The van der Waals surface area contributed by atoms with E-state index in [0.717, 1.165) is 6.42 Å². The molecule has 0 aromatic carbocycles. The first-order valence-corrected chi connectivity index (χ1v) is 7.83. The van der Waals surface area contributed by atoms with Gasteiger partial charge in [0, 0.05) is 13.2 Å². The minimum absolute atomic E-state index is 0.0864. The van der Waals surface area contributed by atoms with Gasteiger partial charge in [-0.2, -0.15) is 0 Å². The first-order chi connectivity index (χ1) is 8.93. The normalized spacial score (nSPS) is 21.8. The minimum Gasteiger partial charge on any atom is -0.396 e. The SMILES string of the molecule is CN(C(=O)C1CCCCS1(=O)=O)c1ccncc1N. The summed E-state index contributed by atoms with van der Waals surface area (Å²) in [6, 6.07) is 1.60. The summed E-state index contributed by atoms with van der Waals surface area (Å²) in [6.45, 7) is 0. The van der Waals surface area contributed by atoms with Gasteiger partial charge in [-0.05, 0) is 18.9 Å². The van der Waals surface area contributed by atoms with Crippen molar-refractivity contribution in [2.45, 2.75) is 24.5 Å². The Balaban J connectivity index is 2.27. The molecule has 0 bridgehead atoms. The van der Waals surface area contributed by atoms with Gasteiger partial charge in [0.05, 0.1) is 23.3 Å². The van der Waals surface area contributed by atoms with Gasteiger partial charge >= 0.3 is 0 Å². The maximum atomic E-state index is 12.3. The highest BCUT2D eigenvalue weighted by molar-refractivity contribution is 7.92. The number of amides is 1. The maximum absolute atomic E-state index is 12.3. The van der Waals surface area contributed by atoms with Gasteiger partial charge in [-0.1, -0.05) is 6.42 Å². The van der Waals surface area contributed by atoms with E-state index in [2.05, 4.69) is 4.98 Å². The number of hydrogen-bond acceptors (Lipinski definition) is 5. The standard InChI is InChI=1S/C12H17N3O3S/c1-15(10-5-6-14-8-9(10)13)12(16)11-4-2-3-7-19(11,17)18/h5-6,8,11H,2-4,7,13H2,1H3. The number of carbonyl (C=O) groups excluding carboxylic acids is 1. The van der Waals surface area contributed by atoms with Crippen LogP contribution in [0, 0.1) is 0 Å². The van der Waals surface area contributed by atoms with Crippen LogP contribution in [0.5, 0.6) is 0 Å². The molecule has 19 heavy (non-hydrogen) atoms. The summed E-state index contributed by atoms with van der Waals surface area (Å²) in [5.41, 5.74) is 6.59. The van der Waals surface area contributed by atoms with E-state index in [-0.39, 0.29) is 5.75 Å². The van der Waals surface area contributed by atoms with E-state index in [9.17, 15) is 13.2 Å². The molecule has 0 aliphatic carbocycles. The maximum Gasteiger partial charge on any atom is 0.245 e. The van der Waals surface area contributed by atoms with E-state index in [1.807, 2.05) is 0 Å². The molecule has 0 spiro atoms. The second kappa shape index (κ2) is 5.16. The van der Waals surface area contributed by atoms with Crippen LogP contribution in [0.3, 0.4) is 0 Å². The molecular weight excluding hydrogens is 266 g/mol. The second-order valence-corrected chi connectivity index (χ2v) is 6.99. The topological polar surface area (TPSA) is 93.4 Å². The van der Waals surface area contributed by atoms with Crippen LogP contribution >= 0.6 is 0 Å². The van der Waals surface area contributed by atoms with Crippen LogP contribution in [-0.4, -0.2) is 37.4 Å². The lowest BCUT2D eigenvalue weighted by Gasteiger charge is -2.27. The van der Waals surface area contributed by atoms with Gasteiger partial charge in [0.2, 0.25) is 5.91 Å². The highest BCUT2D eigenvalue weighted by Gasteiger charge is 2.37. The van der Waals surface area contributed by atoms with Crippen molar-refractivity contribution >= 4 is 27.1 Å². The summed E-state index contributed by atoms with van der Waals surface area (Å²) in [6.07, 6.45) is 4.73. The molecule has 1 aromatic heterocycles. The van der Waals surface area contributed by atoms with E-state index in [0.29, 0.717) is 24.2 Å². The molecule has 2 rings (SSSR count). The van der Waals surface area contributed by atoms with Crippen molar-refractivity contribution in [3.8, 4) is 0 Å². The van der Waals surface area contributed by atoms with Gasteiger partial charge in [-0.25, -0.2) is 8.42 Å². The number of pyridine rings is 1. The zero-order valence-electron chi connectivity index (χ0n) is 10.7. The van der Waals surface area contributed by atoms with Crippen molar-refractivity contribution in [2.24, 2.45) is 0 Å². The lowest BCUT2D eigenvalue weighted by molar-refractivity contribution is -0.118. The largest absolute Gasteiger partial charge is 0.396 e. The van der Waals surface area contributed by atoms with Crippen LogP contribution in [0.15, 0.2) is 18.5 Å². The average Bonchev–Trinajstić information content (AvgIpc) is 2.37. The molecule has 1 aliphatic heterocycles. The summed E-state index contributed by atoms with van der Waals surface area (Å²) < 4.78 is 23.9. The number of nitrogens with zero attached hydrogens (tertiary/aromatic N) is 2. The van der Waals surface area contributed by atoms with Crippen molar-refractivity contribution in [3.05, 3.63) is 18.5 Å². The molecule has 1 atom stereocenters. The van der Waals surface area contributed by atoms with Crippen LogP contribution in [0.2, 0.25) is 0 Å². The molecule has 2 N–H and O–H groups in total. The first-order valence-electron chi connectivity index (χ1n) is 6.12. The van der Waals surface area contributed by atoms with E-state index in [4.69, 9.17) is 5.73 Å². The first kappa shape index (κ1) is 13.8. The van der Waals surface area contributed by atoms with Gasteiger partial charge in [0.25, 0.3) is 0 Å². The predicted molar refractivity (Wildman–Crippen MR) is 73.5 cm³/mol. The van der Waals surface area contributed by atoms with Gasteiger partial charge in [0.15, 0.2) is 9.84 Å². The van der Waals surface area contributed by atoms with Crippen molar-refractivity contribution in [3.63, 3.8) is 0 Å². The molecule has 7 heteroatoms. The molecule has 1 amide bonds. The summed E-state index contributed by atoms with van der Waals surface area (Å²) in [5, 5.41) is -0.946. The molecule has 6 nitrogen and oxygen atoms in total. The number of rotatable bonds is 2. The Morgan fingerprint density at radius 1 is 1.47 bits per heavy atom. The zero-order valence-corrected chi connectivity index (χ0v) is 11.6. The third-order valence-corrected chi connectivity index (χ3v) is 5.54. The summed E-state index contributed by atoms with van der Waals surface area (Å²) in [7, 11) is -1.80. The molecule has 1 fully saturated rings. The van der Waals surface area contributed by atoms with Crippen molar-refractivity contribution < 1.29 is 13.2 Å². The fourth-order valence-corrected chi connectivity index (χ4v) is 4.15. The van der Waals surface area contributed by atoms with E-state index in [1.165, 1.54) is 24.3 Å². The Morgan fingerprint density at radius 2 is 2.21 bits per heavy atom. The van der Waals surface area contributed by atoms with Crippen LogP contribution in [0.1, 0.15) is 19.3 Å². The van der Waals surface area contributed by atoms with Gasteiger partial charge in [0.1, 0.15) is 5.25 Å². The Morgan fingerprint density at radius 3 is 2.84 bits per heavy atom. The Kier molecular flexibility index (Phi) is 3.75. The van der Waals surface area contributed by atoms with Crippen molar-refractivity contribution in [2.75, 3.05) is 23.4 Å². The second-order valence-electron chi connectivity index (χ2n) is 4.68. The molecular formula is C12H17N3O3S. The zero-order chi connectivity index (χ0) is 14.0. The van der Waals surface area contributed by atoms with Crippen LogP contribution in [0.4, 0.5) is 11.4 Å². The third-order valence-electron chi connectivity index (χ3n) is 3.37. The summed E-state index contributed by atoms with van der Waals surface area (Å²) in [5.74, 6) is -0.333. The lowest BCUT2D eigenvalue weighted by Crippen LogP contribution is -2.44. The van der Waals surface area contributed by atoms with Crippen LogP contribution in [-0.2, 0) is 14.6 Å². The molecule has 1 aliphatic rings. The number of hydrogen-bond donors (Lipinski definition) is 1. The fourth-order valence-electron chi connectivity index (χ4n) is 2.27. The quantitative estimate of drug-likeness (QED) is 0.857. The van der Waals surface area contributed by atoms with E-state index >= 15 is 0 Å². The number of sulfone groups is 1. The molecule has 0 saturated carbocycles. The molecule has 104 valence electrons. The third kappa shape index (κ3) is 2.70. The average molecular weight is 283 g/mol. The van der Waals surface area contributed by atoms with Crippen molar-refractivity contribution in [1.29, 1.82) is 0 Å². The van der Waals surface area contributed by atoms with Gasteiger partial charge in [-0.3, -0.25) is 9.78 Å². The molecule has 0 radical (unpaired) electrons. The molecule has 2 heterocycles. The highest BCUT2D eigenvalue weighted by atomic mass is 32.2. The minimum atomic E-state index is -3.34. The Bertz CT molecular complexity index is 586. The smallest absolute Gasteiger partial charge is 0.245 e. The number of anilines is 2. The number of nitrogen functional groups attached to an aromatic ring is 1. The van der Waals surface area contributed by atoms with Crippen LogP contribution < -0.4 is 10.6 Å². The lowest BCUT2D eigenvalue weighted by atomic mass is 10.1. The summed E-state index contributed by atoms with van der Waals surface area (Å²) >= 11 is 0. The van der Waals surface area contributed by atoms with Crippen LogP contribution in [0.25, 0.3) is 0 Å². The highest BCUT2D eigenvalue weighted by Crippen LogP contribution is 2.26. The Labute approximate surface area is 112 Å². The summed E-state index contributed by atoms with van der Waals surface area (Å²) in [4.78, 5) is 17.5.